The zero-order valence-corrected chi connectivity index (χ0v) is 11.3. The van der Waals surface area contributed by atoms with Crippen molar-refractivity contribution in [2.45, 2.75) is 6.61 Å². The molecule has 1 aromatic heterocycles. The molecule has 0 saturated carbocycles. The van der Waals surface area contributed by atoms with Crippen molar-refractivity contribution in [2.24, 2.45) is 0 Å². The summed E-state index contributed by atoms with van der Waals surface area (Å²) < 4.78 is 15.8. The third-order valence-electron chi connectivity index (χ3n) is 2.27. The van der Waals surface area contributed by atoms with Crippen LogP contribution >= 0.6 is 11.6 Å². The van der Waals surface area contributed by atoms with E-state index in [0.717, 1.165) is 0 Å². The first-order chi connectivity index (χ1) is 9.22. The van der Waals surface area contributed by atoms with Crippen molar-refractivity contribution in [1.82, 2.24) is 9.97 Å². The molecule has 6 heteroatoms. The minimum absolute atomic E-state index is 0.267. The summed E-state index contributed by atoms with van der Waals surface area (Å²) in [7, 11) is 3.14. The lowest BCUT2D eigenvalue weighted by atomic mass is 10.3. The highest BCUT2D eigenvalue weighted by atomic mass is 35.5. The molecule has 0 aliphatic carbocycles. The Morgan fingerprint density at radius 3 is 2.53 bits per heavy atom. The van der Waals surface area contributed by atoms with E-state index in [1.807, 2.05) is 12.1 Å². The van der Waals surface area contributed by atoms with Crippen molar-refractivity contribution in [3.05, 3.63) is 41.3 Å². The van der Waals surface area contributed by atoms with Gasteiger partial charge in [-0.1, -0.05) is 23.7 Å². The number of nitrogens with zero attached hydrogens (tertiary/aromatic N) is 2. The van der Waals surface area contributed by atoms with E-state index in [9.17, 15) is 0 Å². The average Bonchev–Trinajstić information content (AvgIpc) is 2.39. The topological polar surface area (TPSA) is 53.5 Å². The van der Waals surface area contributed by atoms with Crippen LogP contribution < -0.4 is 9.47 Å². The van der Waals surface area contributed by atoms with Gasteiger partial charge in [0.1, 0.15) is 11.8 Å². The second-order valence-corrected chi connectivity index (χ2v) is 4.02. The van der Waals surface area contributed by atoms with Gasteiger partial charge in [-0.15, -0.1) is 0 Å². The van der Waals surface area contributed by atoms with E-state index in [0.29, 0.717) is 28.4 Å². The van der Waals surface area contributed by atoms with Crippen LogP contribution in [0.5, 0.6) is 17.4 Å². The zero-order chi connectivity index (χ0) is 13.7. The largest absolute Gasteiger partial charge is 0.493 e. The molecule has 0 aliphatic rings. The number of aromatic nitrogens is 2. The summed E-state index contributed by atoms with van der Waals surface area (Å²) in [5.41, 5.74) is 0. The number of ether oxygens (including phenoxy) is 3. The number of benzene rings is 1. The second-order valence-electron chi connectivity index (χ2n) is 3.63. The summed E-state index contributed by atoms with van der Waals surface area (Å²) in [5, 5.41) is 0.298. The quantitative estimate of drug-likeness (QED) is 0.788. The van der Waals surface area contributed by atoms with Crippen molar-refractivity contribution in [3.8, 4) is 17.4 Å². The minimum Gasteiger partial charge on any atom is -0.493 e. The lowest BCUT2D eigenvalue weighted by Crippen LogP contribution is -1.99. The molecule has 1 aromatic carbocycles. The van der Waals surface area contributed by atoms with Crippen molar-refractivity contribution in [1.29, 1.82) is 0 Å². The Hall–Kier alpha value is -1.85. The molecule has 5 nitrogen and oxygen atoms in total. The maximum Gasteiger partial charge on any atom is 0.224 e. The lowest BCUT2D eigenvalue weighted by molar-refractivity contribution is 0.177. The highest BCUT2D eigenvalue weighted by molar-refractivity contribution is 6.29. The van der Waals surface area contributed by atoms with Crippen LogP contribution in [0.25, 0.3) is 0 Å². The van der Waals surface area contributed by atoms with E-state index >= 15 is 0 Å². The van der Waals surface area contributed by atoms with E-state index in [1.165, 1.54) is 6.07 Å². The Morgan fingerprint density at radius 1 is 1.11 bits per heavy atom. The number of methoxy groups -OCH3 is 2. The molecule has 0 radical (unpaired) electrons. The van der Waals surface area contributed by atoms with E-state index in [1.54, 1.807) is 26.4 Å². The Morgan fingerprint density at radius 2 is 1.84 bits per heavy atom. The van der Waals surface area contributed by atoms with Gasteiger partial charge in [-0.05, 0) is 12.1 Å². The molecule has 0 aliphatic heterocycles. The maximum absolute atomic E-state index is 5.91. The van der Waals surface area contributed by atoms with Crippen LogP contribution in [0.2, 0.25) is 5.15 Å². The summed E-state index contributed by atoms with van der Waals surface area (Å²) in [6.07, 6.45) is 0. The van der Waals surface area contributed by atoms with Crippen molar-refractivity contribution >= 4 is 11.6 Å². The Bertz CT molecular complexity index is 563. The molecule has 0 unspecified atom stereocenters. The molecule has 2 aromatic rings. The van der Waals surface area contributed by atoms with Gasteiger partial charge in [0.05, 0.1) is 7.11 Å². The third kappa shape index (κ3) is 3.56. The average molecular weight is 281 g/mol. The van der Waals surface area contributed by atoms with Crippen LogP contribution in [-0.2, 0) is 11.3 Å². The number of hydrogen-bond donors (Lipinski definition) is 0. The van der Waals surface area contributed by atoms with E-state index < -0.39 is 0 Å². The minimum atomic E-state index is 0.267. The van der Waals surface area contributed by atoms with Crippen molar-refractivity contribution < 1.29 is 14.2 Å². The molecule has 0 amide bonds. The van der Waals surface area contributed by atoms with Gasteiger partial charge in [-0.25, -0.2) is 4.98 Å². The monoisotopic (exact) mass is 280 g/mol. The van der Waals surface area contributed by atoms with Gasteiger partial charge >= 0.3 is 0 Å². The predicted molar refractivity (Wildman–Crippen MR) is 70.8 cm³/mol. The van der Waals surface area contributed by atoms with Crippen LogP contribution in [-0.4, -0.2) is 24.2 Å². The zero-order valence-electron chi connectivity index (χ0n) is 10.6. The molecule has 19 heavy (non-hydrogen) atoms. The first-order valence-corrected chi connectivity index (χ1v) is 5.94. The van der Waals surface area contributed by atoms with Gasteiger partial charge in [-0.2, -0.15) is 4.98 Å². The van der Waals surface area contributed by atoms with E-state index in [2.05, 4.69) is 9.97 Å². The van der Waals surface area contributed by atoms with E-state index in [-0.39, 0.29) is 6.61 Å². The van der Waals surface area contributed by atoms with Gasteiger partial charge in [-0.3, -0.25) is 0 Å². The summed E-state index contributed by atoms with van der Waals surface area (Å²) in [6.45, 7) is 0.267. The highest BCUT2D eigenvalue weighted by Gasteiger charge is 2.08. The predicted octanol–water partition coefficient (Wildman–Crippen LogP) is 3.08. The molecule has 2 rings (SSSR count). The molecule has 0 atom stereocenters. The van der Waals surface area contributed by atoms with Gasteiger partial charge in [0.2, 0.25) is 5.88 Å². The fraction of sp³-hybridized carbons (Fsp3) is 0.231. The number of para-hydroxylation sites is 2. The Labute approximate surface area is 116 Å². The fourth-order valence-corrected chi connectivity index (χ4v) is 1.69. The summed E-state index contributed by atoms with van der Waals surface area (Å²) in [4.78, 5) is 8.22. The molecule has 0 bridgehead atoms. The van der Waals surface area contributed by atoms with Crippen LogP contribution in [0.3, 0.4) is 0 Å². The van der Waals surface area contributed by atoms with Crippen LogP contribution in [0, 0.1) is 0 Å². The van der Waals surface area contributed by atoms with Crippen molar-refractivity contribution in [3.63, 3.8) is 0 Å². The SMILES string of the molecule is COCc1nc(Cl)cc(Oc2ccccc2OC)n1. The number of halogens is 1. The van der Waals surface area contributed by atoms with Gasteiger partial charge in [0, 0.05) is 13.2 Å². The lowest BCUT2D eigenvalue weighted by Gasteiger charge is -2.10. The normalized spacial score (nSPS) is 10.3. The molecule has 100 valence electrons. The Kier molecular flexibility index (Phi) is 4.54. The maximum atomic E-state index is 5.91. The van der Waals surface area contributed by atoms with Gasteiger partial charge < -0.3 is 14.2 Å². The summed E-state index contributed by atoms with van der Waals surface area (Å²) in [6, 6.07) is 8.82. The number of hydrogen-bond acceptors (Lipinski definition) is 5. The smallest absolute Gasteiger partial charge is 0.224 e. The molecule has 0 N–H and O–H groups in total. The molecule has 0 spiro atoms. The summed E-state index contributed by atoms with van der Waals surface area (Å²) >= 11 is 5.91. The number of rotatable bonds is 5. The van der Waals surface area contributed by atoms with Gasteiger partial charge in [0.25, 0.3) is 0 Å². The molecular weight excluding hydrogens is 268 g/mol. The molecule has 0 fully saturated rings. The van der Waals surface area contributed by atoms with Crippen LogP contribution in [0.15, 0.2) is 30.3 Å². The first-order valence-electron chi connectivity index (χ1n) is 5.56. The van der Waals surface area contributed by atoms with Gasteiger partial charge in [0.15, 0.2) is 17.3 Å². The third-order valence-corrected chi connectivity index (χ3v) is 2.47. The molecule has 0 saturated heterocycles. The molecular formula is C13H13ClN2O3. The molecule has 1 heterocycles. The van der Waals surface area contributed by atoms with E-state index in [4.69, 9.17) is 25.8 Å². The fourth-order valence-electron chi connectivity index (χ4n) is 1.50. The first kappa shape index (κ1) is 13.6. The van der Waals surface area contributed by atoms with Crippen LogP contribution in [0.1, 0.15) is 5.82 Å². The van der Waals surface area contributed by atoms with Crippen molar-refractivity contribution in [2.75, 3.05) is 14.2 Å². The Balaban J connectivity index is 2.27. The van der Waals surface area contributed by atoms with Crippen LogP contribution in [0.4, 0.5) is 0 Å². The summed E-state index contributed by atoms with van der Waals surface area (Å²) in [5.74, 6) is 1.98. The second kappa shape index (κ2) is 6.36. The highest BCUT2D eigenvalue weighted by Crippen LogP contribution is 2.30. The standard InChI is InChI=1S/C13H13ClN2O3/c1-17-8-12-15-11(14)7-13(16-12)19-10-6-4-3-5-9(10)18-2/h3-7H,8H2,1-2H3.